The van der Waals surface area contributed by atoms with Crippen molar-refractivity contribution >= 4 is 5.91 Å². The Hall–Kier alpha value is -1.62. The number of hydrogen-bond donors (Lipinski definition) is 1. The number of rotatable bonds is 6. The summed E-state index contributed by atoms with van der Waals surface area (Å²) in [6, 6.07) is 4.60. The minimum absolute atomic E-state index is 0.0151. The van der Waals surface area contributed by atoms with E-state index >= 15 is 0 Å². The molecule has 21 heavy (non-hydrogen) atoms. The minimum Gasteiger partial charge on any atom is -0.491 e. The van der Waals surface area contributed by atoms with Crippen LogP contribution in [-0.2, 0) is 4.79 Å². The SMILES string of the molecule is CCOc1ccc([C@H](C)NC(=O)CN2CCCC2)cc1F. The smallest absolute Gasteiger partial charge is 0.234 e. The lowest BCUT2D eigenvalue weighted by molar-refractivity contribution is -0.122. The summed E-state index contributed by atoms with van der Waals surface area (Å²) in [4.78, 5) is 14.1. The monoisotopic (exact) mass is 294 g/mol. The molecule has 116 valence electrons. The highest BCUT2D eigenvalue weighted by atomic mass is 19.1. The van der Waals surface area contributed by atoms with E-state index in [1.54, 1.807) is 12.1 Å². The standard InChI is InChI=1S/C16H23FN2O2/c1-3-21-15-7-6-13(10-14(15)17)12(2)18-16(20)11-19-8-4-5-9-19/h6-7,10,12H,3-5,8-9,11H2,1-2H3,(H,18,20)/t12-/m0/s1. The largest absolute Gasteiger partial charge is 0.491 e. The molecule has 2 rings (SSSR count). The molecule has 1 N–H and O–H groups in total. The van der Waals surface area contributed by atoms with E-state index < -0.39 is 5.82 Å². The predicted octanol–water partition coefficient (Wildman–Crippen LogP) is 2.50. The Morgan fingerprint density at radius 1 is 1.43 bits per heavy atom. The second-order valence-electron chi connectivity index (χ2n) is 5.40. The van der Waals surface area contributed by atoms with Gasteiger partial charge in [-0.15, -0.1) is 0 Å². The molecule has 1 aliphatic heterocycles. The van der Waals surface area contributed by atoms with Gasteiger partial charge in [0.1, 0.15) is 0 Å². The lowest BCUT2D eigenvalue weighted by Crippen LogP contribution is -2.36. The molecule has 0 bridgehead atoms. The van der Waals surface area contributed by atoms with Crippen molar-refractivity contribution in [2.24, 2.45) is 0 Å². The number of likely N-dealkylation sites (tertiary alicyclic amines) is 1. The zero-order chi connectivity index (χ0) is 15.2. The molecule has 0 aliphatic carbocycles. The first-order valence-electron chi connectivity index (χ1n) is 7.54. The van der Waals surface area contributed by atoms with Crippen LogP contribution < -0.4 is 10.1 Å². The number of carbonyl (C=O) groups is 1. The maximum atomic E-state index is 13.8. The summed E-state index contributed by atoms with van der Waals surface area (Å²) in [5.74, 6) is -0.162. The first-order chi connectivity index (χ1) is 10.1. The Morgan fingerprint density at radius 3 is 2.76 bits per heavy atom. The van der Waals surface area contributed by atoms with Gasteiger partial charge in [0.05, 0.1) is 19.2 Å². The summed E-state index contributed by atoms with van der Waals surface area (Å²) in [5.41, 5.74) is 0.741. The third-order valence-corrected chi connectivity index (χ3v) is 3.70. The van der Waals surface area contributed by atoms with Crippen molar-refractivity contribution in [3.8, 4) is 5.75 Å². The molecule has 5 heteroatoms. The Bertz CT molecular complexity index is 487. The van der Waals surface area contributed by atoms with E-state index in [9.17, 15) is 9.18 Å². The quantitative estimate of drug-likeness (QED) is 0.876. The van der Waals surface area contributed by atoms with E-state index in [1.807, 2.05) is 13.8 Å². The van der Waals surface area contributed by atoms with Gasteiger partial charge in [-0.1, -0.05) is 6.07 Å². The van der Waals surface area contributed by atoms with Crippen LogP contribution in [0.4, 0.5) is 4.39 Å². The molecule has 1 amide bonds. The molecule has 0 spiro atoms. The molecule has 1 aromatic carbocycles. The Kier molecular flexibility index (Phi) is 5.56. The first-order valence-corrected chi connectivity index (χ1v) is 7.54. The van der Waals surface area contributed by atoms with E-state index in [1.165, 1.54) is 6.07 Å². The van der Waals surface area contributed by atoms with Crippen LogP contribution in [0.25, 0.3) is 0 Å². The number of hydrogen-bond acceptors (Lipinski definition) is 3. The van der Waals surface area contributed by atoms with Gasteiger partial charge in [0.25, 0.3) is 0 Å². The molecule has 4 nitrogen and oxygen atoms in total. The third kappa shape index (κ3) is 4.43. The predicted molar refractivity (Wildman–Crippen MR) is 79.8 cm³/mol. The molecule has 1 fully saturated rings. The summed E-state index contributed by atoms with van der Waals surface area (Å²) in [6.07, 6.45) is 2.32. The summed E-state index contributed by atoms with van der Waals surface area (Å²) in [7, 11) is 0. The number of nitrogens with one attached hydrogen (secondary N) is 1. The number of halogens is 1. The normalized spacial score (nSPS) is 16.7. The molecule has 1 aromatic rings. The number of carbonyl (C=O) groups excluding carboxylic acids is 1. The molecule has 1 aliphatic rings. The van der Waals surface area contributed by atoms with Crippen LogP contribution in [0.3, 0.4) is 0 Å². The zero-order valence-electron chi connectivity index (χ0n) is 12.7. The second kappa shape index (κ2) is 7.41. The minimum atomic E-state index is -0.394. The van der Waals surface area contributed by atoms with Crippen molar-refractivity contribution in [2.45, 2.75) is 32.7 Å². The van der Waals surface area contributed by atoms with Gasteiger partial charge in [0.2, 0.25) is 5.91 Å². The van der Waals surface area contributed by atoms with E-state index in [2.05, 4.69) is 10.2 Å². The lowest BCUT2D eigenvalue weighted by atomic mass is 10.1. The Balaban J connectivity index is 1.91. The fourth-order valence-electron chi connectivity index (χ4n) is 2.57. The maximum absolute atomic E-state index is 13.8. The molecular weight excluding hydrogens is 271 g/mol. The van der Waals surface area contributed by atoms with Crippen LogP contribution in [0.1, 0.15) is 38.3 Å². The molecular formula is C16H23FN2O2. The van der Waals surface area contributed by atoms with E-state index in [-0.39, 0.29) is 17.7 Å². The molecule has 0 radical (unpaired) electrons. The van der Waals surface area contributed by atoms with Crippen LogP contribution in [0.15, 0.2) is 18.2 Å². The molecule has 0 aromatic heterocycles. The van der Waals surface area contributed by atoms with Gasteiger partial charge >= 0.3 is 0 Å². The van der Waals surface area contributed by atoms with Gasteiger partial charge < -0.3 is 10.1 Å². The fourth-order valence-corrected chi connectivity index (χ4v) is 2.57. The fraction of sp³-hybridized carbons (Fsp3) is 0.562. The topological polar surface area (TPSA) is 41.6 Å². The third-order valence-electron chi connectivity index (χ3n) is 3.70. The average Bonchev–Trinajstić information content (AvgIpc) is 2.93. The maximum Gasteiger partial charge on any atom is 0.234 e. The summed E-state index contributed by atoms with van der Waals surface area (Å²) in [6.45, 7) is 6.49. The Morgan fingerprint density at radius 2 is 2.14 bits per heavy atom. The first kappa shape index (κ1) is 15.8. The van der Waals surface area contributed by atoms with Gasteiger partial charge in [-0.3, -0.25) is 9.69 Å². The number of ether oxygens (including phenoxy) is 1. The molecule has 0 saturated carbocycles. The number of amides is 1. The summed E-state index contributed by atoms with van der Waals surface area (Å²) >= 11 is 0. The highest BCUT2D eigenvalue weighted by molar-refractivity contribution is 5.78. The van der Waals surface area contributed by atoms with Crippen molar-refractivity contribution < 1.29 is 13.9 Å². The average molecular weight is 294 g/mol. The van der Waals surface area contributed by atoms with Gasteiger partial charge in [-0.2, -0.15) is 0 Å². The zero-order valence-corrected chi connectivity index (χ0v) is 12.7. The number of nitrogens with zero attached hydrogens (tertiary/aromatic N) is 1. The van der Waals surface area contributed by atoms with Crippen LogP contribution in [0, 0.1) is 5.82 Å². The molecule has 1 heterocycles. The summed E-state index contributed by atoms with van der Waals surface area (Å²) < 4.78 is 19.0. The van der Waals surface area contributed by atoms with E-state index in [0.29, 0.717) is 13.2 Å². The highest BCUT2D eigenvalue weighted by Crippen LogP contribution is 2.22. The van der Waals surface area contributed by atoms with E-state index in [4.69, 9.17) is 4.74 Å². The second-order valence-corrected chi connectivity index (χ2v) is 5.40. The van der Waals surface area contributed by atoms with Crippen molar-refractivity contribution in [3.63, 3.8) is 0 Å². The molecule has 1 atom stereocenters. The van der Waals surface area contributed by atoms with Crippen molar-refractivity contribution in [2.75, 3.05) is 26.2 Å². The van der Waals surface area contributed by atoms with Gasteiger partial charge in [0, 0.05) is 0 Å². The van der Waals surface area contributed by atoms with Gasteiger partial charge in [0.15, 0.2) is 11.6 Å². The van der Waals surface area contributed by atoms with Crippen LogP contribution in [0.2, 0.25) is 0 Å². The van der Waals surface area contributed by atoms with Crippen molar-refractivity contribution in [1.29, 1.82) is 0 Å². The van der Waals surface area contributed by atoms with Crippen LogP contribution in [0.5, 0.6) is 5.75 Å². The van der Waals surface area contributed by atoms with Crippen molar-refractivity contribution in [3.05, 3.63) is 29.6 Å². The van der Waals surface area contributed by atoms with E-state index in [0.717, 1.165) is 31.5 Å². The lowest BCUT2D eigenvalue weighted by Gasteiger charge is -2.18. The van der Waals surface area contributed by atoms with Gasteiger partial charge in [-0.25, -0.2) is 4.39 Å². The molecule has 1 saturated heterocycles. The van der Waals surface area contributed by atoms with Crippen LogP contribution in [-0.4, -0.2) is 37.0 Å². The number of benzene rings is 1. The van der Waals surface area contributed by atoms with Gasteiger partial charge in [-0.05, 0) is 57.5 Å². The Labute approximate surface area is 125 Å². The van der Waals surface area contributed by atoms with Crippen LogP contribution >= 0.6 is 0 Å². The highest BCUT2D eigenvalue weighted by Gasteiger charge is 2.17. The van der Waals surface area contributed by atoms with Crippen molar-refractivity contribution in [1.82, 2.24) is 10.2 Å². The molecule has 0 unspecified atom stereocenters. The summed E-state index contributed by atoms with van der Waals surface area (Å²) in [5, 5.41) is 2.91.